The molecule has 5 nitrogen and oxygen atoms in total. The third-order valence-corrected chi connectivity index (χ3v) is 4.41. The van der Waals surface area contributed by atoms with Crippen molar-refractivity contribution in [3.63, 3.8) is 0 Å². The summed E-state index contributed by atoms with van der Waals surface area (Å²) in [5.74, 6) is -0.205. The van der Waals surface area contributed by atoms with Crippen LogP contribution in [-0.4, -0.2) is 22.3 Å². The first-order valence-corrected chi connectivity index (χ1v) is 9.97. The summed E-state index contributed by atoms with van der Waals surface area (Å²) in [7, 11) is 0. The molecule has 1 aromatic rings. The van der Waals surface area contributed by atoms with Crippen molar-refractivity contribution < 1.29 is 15.0 Å². The van der Waals surface area contributed by atoms with Crippen LogP contribution in [-0.2, 0) is 4.79 Å². The number of hydrogen-bond acceptors (Lipinski definition) is 4. The number of aromatic hydroxyl groups is 2. The molecule has 146 valence electrons. The molecule has 0 spiro atoms. The van der Waals surface area contributed by atoms with E-state index in [9.17, 15) is 15.0 Å². The van der Waals surface area contributed by atoms with Gasteiger partial charge in [0.25, 0.3) is 0 Å². The average Bonchev–Trinajstić information content (AvgIpc) is 2.61. The molecule has 0 atom stereocenters. The molecule has 0 saturated carbocycles. The van der Waals surface area contributed by atoms with E-state index in [-0.39, 0.29) is 17.4 Å². The first-order valence-electron chi connectivity index (χ1n) is 9.97. The highest BCUT2D eigenvalue weighted by Gasteiger charge is 2.01. The van der Waals surface area contributed by atoms with Crippen LogP contribution in [0.5, 0.6) is 11.5 Å². The summed E-state index contributed by atoms with van der Waals surface area (Å²) in [6.07, 6.45) is 15.6. The number of carbonyl (C=O) groups excluding carboxylic acids is 1. The summed E-state index contributed by atoms with van der Waals surface area (Å²) in [4.78, 5) is 11.7. The molecule has 0 radical (unpaired) electrons. The van der Waals surface area contributed by atoms with Crippen molar-refractivity contribution in [2.75, 3.05) is 0 Å². The summed E-state index contributed by atoms with van der Waals surface area (Å²) >= 11 is 0. The Kier molecular flexibility index (Phi) is 12.0. The van der Waals surface area contributed by atoms with Crippen molar-refractivity contribution in [1.82, 2.24) is 5.43 Å². The van der Waals surface area contributed by atoms with Crippen LogP contribution >= 0.6 is 0 Å². The summed E-state index contributed by atoms with van der Waals surface area (Å²) in [6, 6.07) is 4.21. The molecule has 0 saturated heterocycles. The number of carbonyl (C=O) groups is 1. The second-order valence-corrected chi connectivity index (χ2v) is 6.82. The van der Waals surface area contributed by atoms with Gasteiger partial charge in [0.2, 0.25) is 5.91 Å². The number of unbranched alkanes of at least 4 members (excludes halogenated alkanes) is 10. The van der Waals surface area contributed by atoms with Gasteiger partial charge in [-0.1, -0.05) is 71.1 Å². The van der Waals surface area contributed by atoms with E-state index in [0.29, 0.717) is 12.0 Å². The lowest BCUT2D eigenvalue weighted by Crippen LogP contribution is -2.16. The van der Waals surface area contributed by atoms with Crippen LogP contribution in [0.4, 0.5) is 0 Å². The van der Waals surface area contributed by atoms with Crippen LogP contribution in [0.2, 0.25) is 0 Å². The molecule has 0 aliphatic rings. The van der Waals surface area contributed by atoms with Gasteiger partial charge in [0, 0.05) is 18.1 Å². The second kappa shape index (κ2) is 14.2. The van der Waals surface area contributed by atoms with Gasteiger partial charge in [0.05, 0.1) is 6.21 Å². The van der Waals surface area contributed by atoms with Gasteiger partial charge in [-0.05, 0) is 18.6 Å². The first-order chi connectivity index (χ1) is 12.6. The van der Waals surface area contributed by atoms with E-state index in [2.05, 4.69) is 17.5 Å². The van der Waals surface area contributed by atoms with E-state index in [1.165, 1.54) is 82.2 Å². The first kappa shape index (κ1) is 22.0. The fraction of sp³-hybridized carbons (Fsp3) is 0.619. The maximum absolute atomic E-state index is 11.7. The Balaban J connectivity index is 1.99. The predicted octanol–water partition coefficient (Wildman–Crippen LogP) is 5.25. The minimum Gasteiger partial charge on any atom is -0.508 e. The number of amides is 1. The van der Waals surface area contributed by atoms with E-state index < -0.39 is 0 Å². The molecule has 0 bridgehead atoms. The Morgan fingerprint density at radius 3 is 2.12 bits per heavy atom. The summed E-state index contributed by atoms with van der Waals surface area (Å²) in [5, 5.41) is 22.7. The smallest absolute Gasteiger partial charge is 0.240 e. The molecule has 0 fully saturated rings. The number of phenolic OH excluding ortho intramolecular Hbond substituents is 2. The number of rotatable bonds is 14. The minimum absolute atomic E-state index is 0.0137. The Bertz CT molecular complexity index is 544. The molecule has 1 amide bonds. The molecule has 3 N–H and O–H groups in total. The van der Waals surface area contributed by atoms with E-state index in [1.807, 2.05) is 0 Å². The fourth-order valence-corrected chi connectivity index (χ4v) is 2.82. The Morgan fingerprint density at radius 2 is 1.54 bits per heavy atom. The third kappa shape index (κ3) is 10.7. The normalized spacial score (nSPS) is 11.1. The van der Waals surface area contributed by atoms with E-state index in [1.54, 1.807) is 0 Å². The Labute approximate surface area is 157 Å². The van der Waals surface area contributed by atoms with Crippen LogP contribution < -0.4 is 5.43 Å². The summed E-state index contributed by atoms with van der Waals surface area (Å²) in [5.41, 5.74) is 2.91. The Hall–Kier alpha value is -2.04. The minimum atomic E-state index is -0.115. The number of nitrogens with one attached hydrogen (secondary N) is 1. The number of hydrogen-bond donors (Lipinski definition) is 3. The highest BCUT2D eigenvalue weighted by Crippen LogP contribution is 2.20. The maximum Gasteiger partial charge on any atom is 0.240 e. The van der Waals surface area contributed by atoms with Crippen molar-refractivity contribution >= 4 is 12.1 Å². The molecule has 5 heteroatoms. The molecule has 1 aromatic carbocycles. The van der Waals surface area contributed by atoms with Gasteiger partial charge in [-0.15, -0.1) is 0 Å². The van der Waals surface area contributed by atoms with Gasteiger partial charge in [-0.2, -0.15) is 5.10 Å². The second-order valence-electron chi connectivity index (χ2n) is 6.82. The van der Waals surface area contributed by atoms with Crippen molar-refractivity contribution in [3.05, 3.63) is 23.8 Å². The molecule has 1 rings (SSSR count). The maximum atomic E-state index is 11.7. The number of phenols is 2. The van der Waals surface area contributed by atoms with Crippen molar-refractivity contribution in [2.45, 2.75) is 84.0 Å². The summed E-state index contributed by atoms with van der Waals surface area (Å²) in [6.45, 7) is 2.24. The molecule has 0 aliphatic carbocycles. The van der Waals surface area contributed by atoms with Gasteiger partial charge >= 0.3 is 0 Å². The third-order valence-electron chi connectivity index (χ3n) is 4.41. The predicted molar refractivity (Wildman–Crippen MR) is 107 cm³/mol. The van der Waals surface area contributed by atoms with Gasteiger partial charge in [-0.3, -0.25) is 4.79 Å². The summed E-state index contributed by atoms with van der Waals surface area (Å²) < 4.78 is 0. The number of hydrazone groups is 1. The largest absolute Gasteiger partial charge is 0.508 e. The van der Waals surface area contributed by atoms with Gasteiger partial charge in [0.1, 0.15) is 11.5 Å². The lowest BCUT2D eigenvalue weighted by atomic mass is 10.1. The highest BCUT2D eigenvalue weighted by molar-refractivity contribution is 5.85. The Morgan fingerprint density at radius 1 is 0.962 bits per heavy atom. The topological polar surface area (TPSA) is 81.9 Å². The van der Waals surface area contributed by atoms with Crippen molar-refractivity contribution in [1.29, 1.82) is 0 Å². The zero-order valence-corrected chi connectivity index (χ0v) is 16.0. The molecule has 0 heterocycles. The number of nitrogens with zero attached hydrogens (tertiary/aromatic N) is 1. The molecule has 0 unspecified atom stereocenters. The van der Waals surface area contributed by atoms with E-state index in [0.717, 1.165) is 12.8 Å². The van der Waals surface area contributed by atoms with Crippen LogP contribution in [0.1, 0.15) is 89.5 Å². The molecule has 0 aliphatic heterocycles. The van der Waals surface area contributed by atoms with Gasteiger partial charge in [-0.25, -0.2) is 5.43 Å². The van der Waals surface area contributed by atoms with Gasteiger partial charge in [0.15, 0.2) is 0 Å². The quantitative estimate of drug-likeness (QED) is 0.240. The molecular formula is C21H34N2O3. The zero-order chi connectivity index (χ0) is 19.0. The van der Waals surface area contributed by atoms with Crippen molar-refractivity contribution in [3.8, 4) is 11.5 Å². The highest BCUT2D eigenvalue weighted by atomic mass is 16.3. The van der Waals surface area contributed by atoms with Crippen LogP contribution in [0.15, 0.2) is 23.3 Å². The fourth-order valence-electron chi connectivity index (χ4n) is 2.82. The lowest BCUT2D eigenvalue weighted by molar-refractivity contribution is -0.121. The average molecular weight is 363 g/mol. The standard InChI is InChI=1S/C21H34N2O3/c1-2-3-4-5-6-7-8-9-10-11-12-13-21(26)23-22-17-18-14-15-19(24)16-20(18)25/h14-17,24-25H,2-13H2,1H3,(H,23,26). The zero-order valence-electron chi connectivity index (χ0n) is 16.0. The lowest BCUT2D eigenvalue weighted by Gasteiger charge is -2.03. The van der Waals surface area contributed by atoms with Crippen LogP contribution in [0.25, 0.3) is 0 Å². The van der Waals surface area contributed by atoms with E-state index in [4.69, 9.17) is 0 Å². The monoisotopic (exact) mass is 362 g/mol. The van der Waals surface area contributed by atoms with Crippen molar-refractivity contribution in [2.24, 2.45) is 5.10 Å². The number of benzene rings is 1. The van der Waals surface area contributed by atoms with E-state index >= 15 is 0 Å². The molecule has 26 heavy (non-hydrogen) atoms. The van der Waals surface area contributed by atoms with Gasteiger partial charge < -0.3 is 10.2 Å². The molecular weight excluding hydrogens is 328 g/mol. The molecule has 0 aromatic heterocycles. The van der Waals surface area contributed by atoms with Crippen LogP contribution in [0, 0.1) is 0 Å². The van der Waals surface area contributed by atoms with Crippen LogP contribution in [0.3, 0.4) is 0 Å². The SMILES string of the molecule is CCCCCCCCCCCCCC(=O)NN=Cc1ccc(O)cc1O.